The average molecular weight is 298 g/mol. The van der Waals surface area contributed by atoms with Crippen LogP contribution in [0.3, 0.4) is 0 Å². The van der Waals surface area contributed by atoms with Gasteiger partial charge in [-0.25, -0.2) is 4.68 Å². The van der Waals surface area contributed by atoms with Crippen molar-refractivity contribution in [2.24, 2.45) is 0 Å². The summed E-state index contributed by atoms with van der Waals surface area (Å²) in [6.07, 6.45) is 1.30. The predicted octanol–water partition coefficient (Wildman–Crippen LogP) is 3.32. The second-order valence-corrected chi connectivity index (χ2v) is 5.03. The summed E-state index contributed by atoms with van der Waals surface area (Å²) < 4.78 is 1.69. The minimum absolute atomic E-state index is 0.355. The molecule has 4 nitrogen and oxygen atoms in total. The Morgan fingerprint density at radius 3 is 2.43 bits per heavy atom. The van der Waals surface area contributed by atoms with Crippen LogP contribution in [0.1, 0.15) is 21.7 Å². The summed E-state index contributed by atoms with van der Waals surface area (Å²) in [4.78, 5) is 11.2. The first kappa shape index (κ1) is 13.5. The summed E-state index contributed by atoms with van der Waals surface area (Å²) in [7, 11) is 0. The number of hydrogen-bond donors (Lipinski definition) is 0. The summed E-state index contributed by atoms with van der Waals surface area (Å²) in [6.45, 7) is 0. The van der Waals surface area contributed by atoms with E-state index < -0.39 is 0 Å². The first-order chi connectivity index (χ1) is 10.3. The third kappa shape index (κ3) is 2.85. The van der Waals surface area contributed by atoms with Gasteiger partial charge >= 0.3 is 0 Å². The molecule has 21 heavy (non-hydrogen) atoms. The summed E-state index contributed by atoms with van der Waals surface area (Å²) in [5, 5.41) is 8.71. The van der Waals surface area contributed by atoms with E-state index in [1.807, 2.05) is 54.6 Å². The maximum absolute atomic E-state index is 11.2. The average Bonchev–Trinajstić information content (AvgIpc) is 2.93. The maximum Gasteiger partial charge on any atom is 0.172 e. The third-order valence-corrected chi connectivity index (χ3v) is 3.44. The van der Waals surface area contributed by atoms with Gasteiger partial charge in [0.15, 0.2) is 6.29 Å². The lowest BCUT2D eigenvalue weighted by Gasteiger charge is -2.07. The Hall–Kier alpha value is -2.46. The van der Waals surface area contributed by atoms with Gasteiger partial charge in [0.25, 0.3) is 0 Å². The molecule has 0 spiro atoms. The van der Waals surface area contributed by atoms with Crippen molar-refractivity contribution in [2.75, 3.05) is 0 Å². The van der Waals surface area contributed by atoms with Crippen LogP contribution in [0.25, 0.3) is 5.69 Å². The number of aromatic nitrogens is 3. The normalized spacial score (nSPS) is 10.5. The Labute approximate surface area is 127 Å². The number of para-hydroxylation sites is 1. The van der Waals surface area contributed by atoms with Gasteiger partial charge in [-0.3, -0.25) is 4.79 Å². The number of carbonyl (C=O) groups excluding carboxylic acids is 1. The number of nitrogens with zero attached hydrogens (tertiary/aromatic N) is 3. The second kappa shape index (κ2) is 5.89. The van der Waals surface area contributed by atoms with Crippen LogP contribution in [0.15, 0.2) is 54.6 Å². The lowest BCUT2D eigenvalue weighted by atomic mass is 10.1. The van der Waals surface area contributed by atoms with Crippen LogP contribution in [0, 0.1) is 0 Å². The summed E-state index contributed by atoms with van der Waals surface area (Å²) in [5.41, 5.74) is 3.04. The fraction of sp³-hybridized carbons (Fsp3) is 0.0625. The van der Waals surface area contributed by atoms with Gasteiger partial charge in [-0.2, -0.15) is 0 Å². The Kier molecular flexibility index (Phi) is 3.79. The number of rotatable bonds is 4. The summed E-state index contributed by atoms with van der Waals surface area (Å²) in [6, 6.07) is 17.1. The van der Waals surface area contributed by atoms with Gasteiger partial charge in [0.05, 0.1) is 11.4 Å². The fourth-order valence-electron chi connectivity index (χ4n) is 2.14. The molecule has 0 radical (unpaired) electrons. The highest BCUT2D eigenvalue weighted by molar-refractivity contribution is 6.30. The van der Waals surface area contributed by atoms with Gasteiger partial charge in [0.2, 0.25) is 0 Å². The molecule has 0 N–H and O–H groups in total. The van der Waals surface area contributed by atoms with Crippen LogP contribution in [0.5, 0.6) is 0 Å². The van der Waals surface area contributed by atoms with Crippen LogP contribution >= 0.6 is 11.6 Å². The minimum atomic E-state index is 0.355. The number of halogens is 1. The molecule has 0 fully saturated rings. The van der Waals surface area contributed by atoms with Gasteiger partial charge in [0, 0.05) is 11.4 Å². The molecule has 0 aliphatic carbocycles. The molecule has 5 heteroatoms. The van der Waals surface area contributed by atoms with Crippen molar-refractivity contribution in [1.29, 1.82) is 0 Å². The van der Waals surface area contributed by atoms with Crippen LogP contribution in [0.2, 0.25) is 5.02 Å². The van der Waals surface area contributed by atoms with Crippen molar-refractivity contribution < 1.29 is 4.79 Å². The summed E-state index contributed by atoms with van der Waals surface area (Å²) in [5.74, 6) is 0. The largest absolute Gasteiger partial charge is 0.296 e. The predicted molar refractivity (Wildman–Crippen MR) is 81.0 cm³/mol. The molecule has 0 aliphatic rings. The van der Waals surface area contributed by atoms with E-state index in [0.29, 0.717) is 17.1 Å². The van der Waals surface area contributed by atoms with E-state index in [4.69, 9.17) is 11.6 Å². The maximum atomic E-state index is 11.2. The highest BCUT2D eigenvalue weighted by Gasteiger charge is 2.14. The monoisotopic (exact) mass is 297 g/mol. The Morgan fingerprint density at radius 2 is 1.76 bits per heavy atom. The number of benzene rings is 2. The van der Waals surface area contributed by atoms with Crippen molar-refractivity contribution in [3.63, 3.8) is 0 Å². The molecule has 0 amide bonds. The molecule has 104 valence electrons. The third-order valence-electron chi connectivity index (χ3n) is 3.19. The molecule has 0 saturated carbocycles. The van der Waals surface area contributed by atoms with Gasteiger partial charge in [0.1, 0.15) is 5.69 Å². The van der Waals surface area contributed by atoms with Gasteiger partial charge in [-0.1, -0.05) is 47.1 Å². The van der Waals surface area contributed by atoms with Crippen molar-refractivity contribution in [1.82, 2.24) is 15.0 Å². The molecule has 1 heterocycles. The zero-order chi connectivity index (χ0) is 14.7. The van der Waals surface area contributed by atoms with E-state index in [9.17, 15) is 4.79 Å². The van der Waals surface area contributed by atoms with Crippen LogP contribution in [-0.4, -0.2) is 21.3 Å². The smallest absolute Gasteiger partial charge is 0.172 e. The molecule has 1 aromatic heterocycles. The molecule has 3 aromatic rings. The molecular formula is C16H12ClN3O. The fourth-order valence-corrected chi connectivity index (χ4v) is 2.27. The van der Waals surface area contributed by atoms with E-state index in [1.54, 1.807) is 4.68 Å². The van der Waals surface area contributed by atoms with Crippen molar-refractivity contribution in [3.8, 4) is 5.69 Å². The van der Waals surface area contributed by atoms with Crippen molar-refractivity contribution >= 4 is 17.9 Å². The van der Waals surface area contributed by atoms with Gasteiger partial charge in [-0.05, 0) is 29.8 Å². The van der Waals surface area contributed by atoms with Crippen molar-refractivity contribution in [3.05, 3.63) is 76.6 Å². The zero-order valence-corrected chi connectivity index (χ0v) is 11.9. The lowest BCUT2D eigenvalue weighted by Crippen LogP contribution is -2.04. The Balaban J connectivity index is 2.02. The van der Waals surface area contributed by atoms with Crippen LogP contribution < -0.4 is 0 Å². The second-order valence-electron chi connectivity index (χ2n) is 4.59. The van der Waals surface area contributed by atoms with Gasteiger partial charge in [-0.15, -0.1) is 5.10 Å². The number of aldehydes is 1. The molecule has 0 saturated heterocycles. The Morgan fingerprint density at radius 1 is 1.05 bits per heavy atom. The van der Waals surface area contributed by atoms with E-state index in [-0.39, 0.29) is 0 Å². The Bertz CT molecular complexity index is 751. The van der Waals surface area contributed by atoms with E-state index in [0.717, 1.165) is 23.2 Å². The first-order valence-electron chi connectivity index (χ1n) is 6.47. The lowest BCUT2D eigenvalue weighted by molar-refractivity contribution is 0.111. The zero-order valence-electron chi connectivity index (χ0n) is 11.1. The molecule has 0 atom stereocenters. The molecule has 0 unspecified atom stereocenters. The standard InChI is InChI=1S/C16H12ClN3O/c17-13-8-6-12(7-9-13)10-16-15(11-21)18-19-20(16)14-4-2-1-3-5-14/h1-9,11H,10H2. The molecule has 3 rings (SSSR count). The van der Waals surface area contributed by atoms with Crippen LogP contribution in [0.4, 0.5) is 0 Å². The molecule has 0 bridgehead atoms. The number of hydrogen-bond acceptors (Lipinski definition) is 3. The van der Waals surface area contributed by atoms with Crippen molar-refractivity contribution in [2.45, 2.75) is 6.42 Å². The highest BCUT2D eigenvalue weighted by Crippen LogP contribution is 2.17. The quantitative estimate of drug-likeness (QED) is 0.694. The SMILES string of the molecule is O=Cc1nnn(-c2ccccc2)c1Cc1ccc(Cl)cc1. The minimum Gasteiger partial charge on any atom is -0.296 e. The van der Waals surface area contributed by atoms with Crippen LogP contribution in [-0.2, 0) is 6.42 Å². The van der Waals surface area contributed by atoms with E-state index >= 15 is 0 Å². The topological polar surface area (TPSA) is 47.8 Å². The molecule has 0 aliphatic heterocycles. The van der Waals surface area contributed by atoms with E-state index in [2.05, 4.69) is 10.3 Å². The van der Waals surface area contributed by atoms with Gasteiger partial charge < -0.3 is 0 Å². The summed E-state index contributed by atoms with van der Waals surface area (Å²) >= 11 is 5.89. The molecular weight excluding hydrogens is 286 g/mol. The van der Waals surface area contributed by atoms with E-state index in [1.165, 1.54) is 0 Å². The highest BCUT2D eigenvalue weighted by atomic mass is 35.5. The number of carbonyl (C=O) groups is 1. The first-order valence-corrected chi connectivity index (χ1v) is 6.85. The molecule has 2 aromatic carbocycles.